The van der Waals surface area contributed by atoms with Gasteiger partial charge in [0.05, 0.1) is 25.5 Å². The fraction of sp³-hybridized carbons (Fsp3) is 0.375. The average Bonchev–Trinajstić information content (AvgIpc) is 3.38. The molecule has 0 saturated heterocycles. The molecule has 110 valence electrons. The number of aromatic nitrogens is 2. The molecule has 3 rings (SSSR count). The zero-order valence-electron chi connectivity index (χ0n) is 12.5. The smallest absolute Gasteiger partial charge is 0.134 e. The van der Waals surface area contributed by atoms with Crippen molar-refractivity contribution < 1.29 is 9.47 Å². The molecule has 1 fully saturated rings. The fourth-order valence-corrected chi connectivity index (χ4v) is 2.35. The molecule has 0 spiro atoms. The van der Waals surface area contributed by atoms with Crippen LogP contribution in [0.1, 0.15) is 24.6 Å². The summed E-state index contributed by atoms with van der Waals surface area (Å²) in [7, 11) is 5.17. The molecule has 1 aliphatic rings. The molecule has 1 aromatic carbocycles. The Morgan fingerprint density at radius 3 is 2.29 bits per heavy atom. The monoisotopic (exact) mass is 285 g/mol. The molecule has 1 N–H and O–H groups in total. The molecule has 2 aromatic rings. The molecule has 1 heterocycles. The summed E-state index contributed by atoms with van der Waals surface area (Å²) >= 11 is 0. The summed E-state index contributed by atoms with van der Waals surface area (Å²) in [5, 5.41) is 3.10. The molecule has 0 amide bonds. The van der Waals surface area contributed by atoms with Crippen LogP contribution in [0.5, 0.6) is 11.5 Å². The number of rotatable bonds is 5. The molecule has 5 nitrogen and oxygen atoms in total. The minimum atomic E-state index is 0.484. The Hall–Kier alpha value is -2.30. The Morgan fingerprint density at radius 2 is 1.76 bits per heavy atom. The standard InChI is InChI=1S/C16H19N3O2/c1-17-14-9-11(18-16(19-14)10-7-8-10)15-12(20-2)5-4-6-13(15)21-3/h4-6,9-10H,7-8H2,1-3H3,(H,17,18,19). The van der Waals surface area contributed by atoms with Gasteiger partial charge in [0.2, 0.25) is 0 Å². The Bertz CT molecular complexity index is 632. The van der Waals surface area contributed by atoms with Crippen LogP contribution < -0.4 is 14.8 Å². The summed E-state index contributed by atoms with van der Waals surface area (Å²) in [6, 6.07) is 7.65. The number of benzene rings is 1. The van der Waals surface area contributed by atoms with Crippen molar-refractivity contribution in [1.82, 2.24) is 9.97 Å². The largest absolute Gasteiger partial charge is 0.496 e. The van der Waals surface area contributed by atoms with Crippen LogP contribution in [-0.4, -0.2) is 31.2 Å². The summed E-state index contributed by atoms with van der Waals surface area (Å²) in [6.07, 6.45) is 2.32. The molecule has 1 aromatic heterocycles. The minimum Gasteiger partial charge on any atom is -0.496 e. The maximum Gasteiger partial charge on any atom is 0.134 e. The van der Waals surface area contributed by atoms with Crippen molar-refractivity contribution in [1.29, 1.82) is 0 Å². The predicted octanol–water partition coefficient (Wildman–Crippen LogP) is 3.08. The van der Waals surface area contributed by atoms with Crippen LogP contribution in [-0.2, 0) is 0 Å². The lowest BCUT2D eigenvalue weighted by molar-refractivity contribution is 0.397. The maximum absolute atomic E-state index is 5.47. The van der Waals surface area contributed by atoms with Crippen LogP contribution in [0.4, 0.5) is 5.82 Å². The number of hydrogen-bond donors (Lipinski definition) is 1. The Balaban J connectivity index is 2.17. The molecule has 21 heavy (non-hydrogen) atoms. The first kappa shape index (κ1) is 13.7. The topological polar surface area (TPSA) is 56.3 Å². The summed E-state index contributed by atoms with van der Waals surface area (Å²) in [6.45, 7) is 0. The zero-order chi connectivity index (χ0) is 14.8. The number of nitrogens with one attached hydrogen (secondary N) is 1. The molecule has 1 aliphatic carbocycles. The van der Waals surface area contributed by atoms with Gasteiger partial charge in [0.25, 0.3) is 0 Å². The van der Waals surface area contributed by atoms with E-state index in [2.05, 4.69) is 10.3 Å². The second-order valence-corrected chi connectivity index (χ2v) is 5.06. The molecular weight excluding hydrogens is 266 g/mol. The van der Waals surface area contributed by atoms with Crippen molar-refractivity contribution in [3.63, 3.8) is 0 Å². The van der Waals surface area contributed by atoms with Gasteiger partial charge < -0.3 is 14.8 Å². The quantitative estimate of drug-likeness (QED) is 0.915. The van der Waals surface area contributed by atoms with Gasteiger partial charge in [-0.05, 0) is 25.0 Å². The van der Waals surface area contributed by atoms with E-state index in [-0.39, 0.29) is 0 Å². The summed E-state index contributed by atoms with van der Waals surface area (Å²) in [5.74, 6) is 3.69. The van der Waals surface area contributed by atoms with E-state index in [9.17, 15) is 0 Å². The van der Waals surface area contributed by atoms with Gasteiger partial charge in [0, 0.05) is 19.0 Å². The molecule has 0 unspecified atom stereocenters. The number of methoxy groups -OCH3 is 2. The highest BCUT2D eigenvalue weighted by molar-refractivity contribution is 5.75. The maximum atomic E-state index is 5.47. The van der Waals surface area contributed by atoms with Crippen molar-refractivity contribution in [2.24, 2.45) is 0 Å². The lowest BCUT2D eigenvalue weighted by Crippen LogP contribution is -2.02. The average molecular weight is 285 g/mol. The van der Waals surface area contributed by atoms with Gasteiger partial charge in [0.1, 0.15) is 23.1 Å². The van der Waals surface area contributed by atoms with Crippen molar-refractivity contribution in [2.75, 3.05) is 26.6 Å². The molecule has 5 heteroatoms. The van der Waals surface area contributed by atoms with Crippen LogP contribution in [0.15, 0.2) is 24.3 Å². The zero-order valence-corrected chi connectivity index (χ0v) is 12.5. The Kier molecular flexibility index (Phi) is 3.64. The van der Waals surface area contributed by atoms with Gasteiger partial charge in [0.15, 0.2) is 0 Å². The Labute approximate surface area is 124 Å². The van der Waals surface area contributed by atoms with Crippen molar-refractivity contribution in [3.05, 3.63) is 30.1 Å². The molecule has 1 saturated carbocycles. The third-order valence-electron chi connectivity index (χ3n) is 3.63. The molecule has 0 bridgehead atoms. The van der Waals surface area contributed by atoms with Gasteiger partial charge in [-0.15, -0.1) is 0 Å². The molecular formula is C16H19N3O2. The highest BCUT2D eigenvalue weighted by Crippen LogP contribution is 2.42. The number of ether oxygens (including phenoxy) is 2. The summed E-state index contributed by atoms with van der Waals surface area (Å²) < 4.78 is 10.9. The third kappa shape index (κ3) is 2.63. The predicted molar refractivity (Wildman–Crippen MR) is 82.1 cm³/mol. The van der Waals surface area contributed by atoms with Gasteiger partial charge >= 0.3 is 0 Å². The van der Waals surface area contributed by atoms with Crippen molar-refractivity contribution in [2.45, 2.75) is 18.8 Å². The molecule has 0 aliphatic heterocycles. The SMILES string of the molecule is CNc1cc(-c2c(OC)cccc2OC)nc(C2CC2)n1. The second kappa shape index (κ2) is 5.60. The van der Waals surface area contributed by atoms with Crippen LogP contribution in [0.25, 0.3) is 11.3 Å². The first-order valence-electron chi connectivity index (χ1n) is 7.05. The van der Waals surface area contributed by atoms with E-state index < -0.39 is 0 Å². The van der Waals surface area contributed by atoms with Gasteiger partial charge in [-0.2, -0.15) is 0 Å². The van der Waals surface area contributed by atoms with Crippen molar-refractivity contribution in [3.8, 4) is 22.8 Å². The number of nitrogens with zero attached hydrogens (tertiary/aromatic N) is 2. The molecule has 0 atom stereocenters. The van der Waals surface area contributed by atoms with E-state index in [0.29, 0.717) is 5.92 Å². The van der Waals surface area contributed by atoms with E-state index in [1.54, 1.807) is 14.2 Å². The number of anilines is 1. The normalized spacial score (nSPS) is 13.9. The van der Waals surface area contributed by atoms with Crippen molar-refractivity contribution >= 4 is 5.82 Å². The minimum absolute atomic E-state index is 0.484. The first-order valence-corrected chi connectivity index (χ1v) is 7.05. The van der Waals surface area contributed by atoms with Gasteiger partial charge in [-0.25, -0.2) is 9.97 Å². The summed E-state index contributed by atoms with van der Waals surface area (Å²) in [5.41, 5.74) is 1.69. The van der Waals surface area contributed by atoms with E-state index in [4.69, 9.17) is 14.5 Å². The van der Waals surface area contributed by atoms with Crippen LogP contribution in [0.3, 0.4) is 0 Å². The van der Waals surface area contributed by atoms with Gasteiger partial charge in [-0.1, -0.05) is 6.07 Å². The third-order valence-corrected chi connectivity index (χ3v) is 3.63. The van der Waals surface area contributed by atoms with Gasteiger partial charge in [-0.3, -0.25) is 0 Å². The lowest BCUT2D eigenvalue weighted by Gasteiger charge is -2.14. The lowest BCUT2D eigenvalue weighted by atomic mass is 10.1. The number of hydrogen-bond acceptors (Lipinski definition) is 5. The fourth-order valence-electron chi connectivity index (χ4n) is 2.35. The highest BCUT2D eigenvalue weighted by Gasteiger charge is 2.28. The summed E-state index contributed by atoms with van der Waals surface area (Å²) in [4.78, 5) is 9.27. The van der Waals surface area contributed by atoms with E-state index in [1.165, 1.54) is 0 Å². The first-order chi connectivity index (χ1) is 10.3. The Morgan fingerprint density at radius 1 is 1.10 bits per heavy atom. The molecule has 0 radical (unpaired) electrons. The van der Waals surface area contributed by atoms with Crippen LogP contribution in [0, 0.1) is 0 Å². The highest BCUT2D eigenvalue weighted by atomic mass is 16.5. The van der Waals surface area contributed by atoms with E-state index in [1.807, 2.05) is 31.3 Å². The van der Waals surface area contributed by atoms with Crippen LogP contribution in [0.2, 0.25) is 0 Å². The van der Waals surface area contributed by atoms with E-state index in [0.717, 1.165) is 47.2 Å². The van der Waals surface area contributed by atoms with E-state index >= 15 is 0 Å². The van der Waals surface area contributed by atoms with Crippen LogP contribution >= 0.6 is 0 Å². The second-order valence-electron chi connectivity index (χ2n) is 5.06.